The molecule has 0 unspecified atom stereocenters. The number of nitro groups is 1. The van der Waals surface area contributed by atoms with E-state index in [1.165, 1.54) is 23.5 Å². The van der Waals surface area contributed by atoms with E-state index in [9.17, 15) is 10.1 Å². The molecule has 26 heavy (non-hydrogen) atoms. The molecule has 1 heterocycles. The fourth-order valence-corrected chi connectivity index (χ4v) is 4.16. The molecule has 1 saturated carbocycles. The fraction of sp³-hybridized carbons (Fsp3) is 0.167. The van der Waals surface area contributed by atoms with Crippen molar-refractivity contribution in [1.82, 2.24) is 4.57 Å². The molecule has 1 fully saturated rings. The SMILES string of the molecule is O=[N+]([O-])c1ccc(-c2csc(=Nc3ccc(Cl)cc3Cl)n2C2CC2)cc1. The van der Waals surface area contributed by atoms with Gasteiger partial charge in [0.2, 0.25) is 0 Å². The van der Waals surface area contributed by atoms with E-state index in [0.717, 1.165) is 28.9 Å². The number of non-ortho nitro benzene ring substituents is 1. The standard InChI is InChI=1S/C18H13Cl2N3O2S/c19-12-3-8-16(15(20)9-12)21-18-22(13-6-7-13)17(10-26-18)11-1-4-14(5-2-11)23(24)25/h1-5,8-10,13H,6-7H2. The maximum atomic E-state index is 10.9. The van der Waals surface area contributed by atoms with Crippen molar-refractivity contribution in [3.8, 4) is 11.3 Å². The van der Waals surface area contributed by atoms with Gasteiger partial charge in [0.25, 0.3) is 5.69 Å². The van der Waals surface area contributed by atoms with Gasteiger partial charge in [-0.1, -0.05) is 23.2 Å². The van der Waals surface area contributed by atoms with E-state index >= 15 is 0 Å². The Kier molecular flexibility index (Phi) is 4.56. The van der Waals surface area contributed by atoms with Gasteiger partial charge in [-0.15, -0.1) is 11.3 Å². The van der Waals surface area contributed by atoms with Crippen LogP contribution in [0, 0.1) is 10.1 Å². The second kappa shape index (κ2) is 6.87. The Morgan fingerprint density at radius 2 is 1.88 bits per heavy atom. The van der Waals surface area contributed by atoms with E-state index in [-0.39, 0.29) is 5.69 Å². The van der Waals surface area contributed by atoms with Crippen LogP contribution in [-0.2, 0) is 0 Å². The number of nitro benzene ring substituents is 1. The van der Waals surface area contributed by atoms with Crippen molar-refractivity contribution in [3.05, 3.63) is 72.8 Å². The number of rotatable bonds is 4. The maximum absolute atomic E-state index is 10.9. The molecule has 0 radical (unpaired) electrons. The van der Waals surface area contributed by atoms with Crippen LogP contribution in [0.3, 0.4) is 0 Å². The molecule has 0 saturated heterocycles. The van der Waals surface area contributed by atoms with E-state index in [1.807, 2.05) is 5.38 Å². The number of thiazole rings is 1. The van der Waals surface area contributed by atoms with Crippen LogP contribution in [0.2, 0.25) is 10.0 Å². The van der Waals surface area contributed by atoms with Crippen LogP contribution in [0.25, 0.3) is 11.3 Å². The zero-order chi connectivity index (χ0) is 18.3. The topological polar surface area (TPSA) is 60.4 Å². The van der Waals surface area contributed by atoms with E-state index in [1.54, 1.807) is 30.3 Å². The van der Waals surface area contributed by atoms with Gasteiger partial charge in [0, 0.05) is 28.6 Å². The molecule has 132 valence electrons. The van der Waals surface area contributed by atoms with Crippen LogP contribution in [-0.4, -0.2) is 9.49 Å². The van der Waals surface area contributed by atoms with Crippen molar-refractivity contribution in [2.75, 3.05) is 0 Å². The first kappa shape index (κ1) is 17.3. The highest BCUT2D eigenvalue weighted by Crippen LogP contribution is 2.38. The van der Waals surface area contributed by atoms with Gasteiger partial charge in [0.1, 0.15) is 0 Å². The van der Waals surface area contributed by atoms with Gasteiger partial charge in [0.05, 0.1) is 21.3 Å². The molecular weight excluding hydrogens is 393 g/mol. The van der Waals surface area contributed by atoms with Gasteiger partial charge < -0.3 is 4.57 Å². The summed E-state index contributed by atoms with van der Waals surface area (Å²) in [6.45, 7) is 0. The van der Waals surface area contributed by atoms with Gasteiger partial charge in [-0.2, -0.15) is 0 Å². The maximum Gasteiger partial charge on any atom is 0.269 e. The Hall–Kier alpha value is -2.15. The predicted molar refractivity (Wildman–Crippen MR) is 104 cm³/mol. The quantitative estimate of drug-likeness (QED) is 0.394. The molecule has 1 aliphatic carbocycles. The first-order valence-electron chi connectivity index (χ1n) is 7.97. The molecule has 0 spiro atoms. The molecule has 0 aliphatic heterocycles. The Balaban J connectivity index is 1.81. The molecule has 1 aliphatic rings. The van der Waals surface area contributed by atoms with E-state index < -0.39 is 4.92 Å². The van der Waals surface area contributed by atoms with Gasteiger partial charge in [-0.05, 0) is 48.7 Å². The molecule has 5 nitrogen and oxygen atoms in total. The lowest BCUT2D eigenvalue weighted by Gasteiger charge is -2.08. The second-order valence-electron chi connectivity index (χ2n) is 6.02. The average molecular weight is 406 g/mol. The normalized spacial score (nSPS) is 14.6. The van der Waals surface area contributed by atoms with Crippen molar-refractivity contribution in [1.29, 1.82) is 0 Å². The van der Waals surface area contributed by atoms with Crippen molar-refractivity contribution in [3.63, 3.8) is 0 Å². The highest BCUT2D eigenvalue weighted by molar-refractivity contribution is 7.07. The van der Waals surface area contributed by atoms with Crippen LogP contribution in [0.15, 0.2) is 52.8 Å². The Labute approximate surface area is 163 Å². The first-order valence-corrected chi connectivity index (χ1v) is 9.61. The minimum absolute atomic E-state index is 0.0832. The highest BCUT2D eigenvalue weighted by Gasteiger charge is 2.27. The van der Waals surface area contributed by atoms with Crippen LogP contribution < -0.4 is 4.80 Å². The predicted octanol–water partition coefficient (Wildman–Crippen LogP) is 6.00. The smallest absolute Gasteiger partial charge is 0.269 e. The number of hydrogen-bond donors (Lipinski definition) is 0. The third-order valence-corrected chi connectivity index (χ3v) is 5.53. The number of aromatic nitrogens is 1. The lowest BCUT2D eigenvalue weighted by Crippen LogP contribution is -2.14. The highest BCUT2D eigenvalue weighted by atomic mass is 35.5. The molecule has 1 aromatic heterocycles. The van der Waals surface area contributed by atoms with Crippen LogP contribution in [0.5, 0.6) is 0 Å². The van der Waals surface area contributed by atoms with Crippen LogP contribution in [0.1, 0.15) is 18.9 Å². The summed E-state index contributed by atoms with van der Waals surface area (Å²) in [5, 5.41) is 14.0. The average Bonchev–Trinajstić information content (AvgIpc) is 3.37. The molecule has 0 atom stereocenters. The molecule has 0 amide bonds. The summed E-state index contributed by atoms with van der Waals surface area (Å²) in [7, 11) is 0. The van der Waals surface area contributed by atoms with Crippen LogP contribution in [0.4, 0.5) is 11.4 Å². The van der Waals surface area contributed by atoms with Crippen molar-refractivity contribution >= 4 is 45.9 Å². The summed E-state index contributed by atoms with van der Waals surface area (Å²) in [5.41, 5.74) is 2.70. The number of benzene rings is 2. The molecule has 2 aromatic carbocycles. The van der Waals surface area contributed by atoms with Gasteiger partial charge in [-0.25, -0.2) is 4.99 Å². The second-order valence-corrected chi connectivity index (χ2v) is 7.70. The molecule has 4 rings (SSSR count). The van der Waals surface area contributed by atoms with Crippen LogP contribution >= 0.6 is 34.5 Å². The molecule has 0 bridgehead atoms. The number of nitrogens with zero attached hydrogens (tertiary/aromatic N) is 3. The third kappa shape index (κ3) is 3.40. The number of hydrogen-bond acceptors (Lipinski definition) is 4. The van der Waals surface area contributed by atoms with E-state index in [0.29, 0.717) is 21.8 Å². The van der Waals surface area contributed by atoms with Crippen molar-refractivity contribution in [2.24, 2.45) is 4.99 Å². The van der Waals surface area contributed by atoms with Gasteiger partial charge in [0.15, 0.2) is 4.80 Å². The summed E-state index contributed by atoms with van der Waals surface area (Å²) < 4.78 is 2.19. The summed E-state index contributed by atoms with van der Waals surface area (Å²) in [6.07, 6.45) is 2.19. The van der Waals surface area contributed by atoms with Crippen molar-refractivity contribution in [2.45, 2.75) is 18.9 Å². The summed E-state index contributed by atoms with van der Waals surface area (Å²) >= 11 is 13.7. The van der Waals surface area contributed by atoms with Crippen molar-refractivity contribution < 1.29 is 4.92 Å². The zero-order valence-electron chi connectivity index (χ0n) is 13.4. The summed E-state index contributed by atoms with van der Waals surface area (Å²) in [4.78, 5) is 16.0. The summed E-state index contributed by atoms with van der Waals surface area (Å²) in [6, 6.07) is 12.2. The third-order valence-electron chi connectivity index (χ3n) is 4.15. The lowest BCUT2D eigenvalue weighted by molar-refractivity contribution is -0.384. The largest absolute Gasteiger partial charge is 0.313 e. The van der Waals surface area contributed by atoms with Gasteiger partial charge in [-0.3, -0.25) is 10.1 Å². The Morgan fingerprint density at radius 3 is 2.50 bits per heavy atom. The molecule has 0 N–H and O–H groups in total. The molecular formula is C18H13Cl2N3O2S. The monoisotopic (exact) mass is 405 g/mol. The minimum Gasteiger partial charge on any atom is -0.313 e. The Morgan fingerprint density at radius 1 is 1.15 bits per heavy atom. The lowest BCUT2D eigenvalue weighted by atomic mass is 10.1. The summed E-state index contributed by atoms with van der Waals surface area (Å²) in [5.74, 6) is 0. The first-order chi connectivity index (χ1) is 12.5. The molecule has 8 heteroatoms. The van der Waals surface area contributed by atoms with E-state index in [4.69, 9.17) is 28.2 Å². The zero-order valence-corrected chi connectivity index (χ0v) is 15.8. The molecule has 3 aromatic rings. The Bertz CT molecular complexity index is 1050. The number of halogens is 2. The minimum atomic E-state index is -0.393. The fourth-order valence-electron chi connectivity index (χ4n) is 2.73. The van der Waals surface area contributed by atoms with E-state index in [2.05, 4.69) is 4.57 Å². The van der Waals surface area contributed by atoms with Gasteiger partial charge >= 0.3 is 0 Å².